The Bertz CT molecular complexity index is 500. The molecule has 0 aliphatic carbocycles. The van der Waals surface area contributed by atoms with Gasteiger partial charge in [0.2, 0.25) is 0 Å². The van der Waals surface area contributed by atoms with Crippen LogP contribution in [0.2, 0.25) is 0 Å². The lowest BCUT2D eigenvalue weighted by atomic mass is 9.80. The molecule has 3 unspecified atom stereocenters. The highest BCUT2D eigenvalue weighted by molar-refractivity contribution is 5.43. The molecule has 1 aromatic rings. The summed E-state index contributed by atoms with van der Waals surface area (Å²) in [7, 11) is 1.63. The van der Waals surface area contributed by atoms with Crippen LogP contribution >= 0.6 is 0 Å². The van der Waals surface area contributed by atoms with Gasteiger partial charge in [0.25, 0.3) is 0 Å². The Morgan fingerprint density at radius 2 is 2.24 bits per heavy atom. The summed E-state index contributed by atoms with van der Waals surface area (Å²) in [6.07, 6.45) is 4.25. The predicted octanol–water partition coefficient (Wildman–Crippen LogP) is 3.23. The van der Waals surface area contributed by atoms with E-state index in [-0.39, 0.29) is 11.7 Å². The van der Waals surface area contributed by atoms with Gasteiger partial charge in [-0.3, -0.25) is 0 Å². The van der Waals surface area contributed by atoms with E-state index in [1.807, 2.05) is 18.2 Å². The smallest absolute Gasteiger partial charge is 0.126 e. The topological polar surface area (TPSA) is 47.9 Å². The number of ether oxygens (including phenoxy) is 3. The van der Waals surface area contributed by atoms with Crippen LogP contribution in [0.5, 0.6) is 11.5 Å². The van der Waals surface area contributed by atoms with Crippen molar-refractivity contribution in [3.05, 3.63) is 23.8 Å². The third-order valence-electron chi connectivity index (χ3n) is 4.59. The summed E-state index contributed by atoms with van der Waals surface area (Å²) in [6.45, 7) is 2.88. The molecule has 1 N–H and O–H groups in total. The number of benzene rings is 1. The number of hydrogen-bond donors (Lipinski definition) is 1. The largest absolute Gasteiger partial charge is 0.497 e. The van der Waals surface area contributed by atoms with E-state index < -0.39 is 6.10 Å². The molecule has 2 aliphatic rings. The second-order valence-corrected chi connectivity index (χ2v) is 6.14. The van der Waals surface area contributed by atoms with Crippen LogP contribution in [0.3, 0.4) is 0 Å². The summed E-state index contributed by atoms with van der Waals surface area (Å²) in [5, 5.41) is 10.5. The number of aliphatic hydroxyl groups is 1. The minimum absolute atomic E-state index is 0.246. The Morgan fingerprint density at radius 3 is 3.00 bits per heavy atom. The molecular formula is C17H24O4. The van der Waals surface area contributed by atoms with Gasteiger partial charge in [0.15, 0.2) is 0 Å². The molecule has 116 valence electrons. The Morgan fingerprint density at radius 1 is 1.38 bits per heavy atom. The van der Waals surface area contributed by atoms with E-state index >= 15 is 0 Å². The van der Waals surface area contributed by atoms with E-state index in [9.17, 15) is 5.11 Å². The average Bonchev–Trinajstić information content (AvgIpc) is 2.47. The van der Waals surface area contributed by atoms with E-state index in [1.54, 1.807) is 7.11 Å². The molecule has 3 atom stereocenters. The fourth-order valence-corrected chi connectivity index (χ4v) is 3.52. The maximum absolute atomic E-state index is 10.5. The van der Waals surface area contributed by atoms with Gasteiger partial charge in [-0.1, -0.05) is 13.3 Å². The Kier molecular flexibility index (Phi) is 4.09. The van der Waals surface area contributed by atoms with Crippen LogP contribution in [0.1, 0.15) is 50.7 Å². The predicted molar refractivity (Wildman–Crippen MR) is 79.8 cm³/mol. The number of aliphatic hydroxyl groups excluding tert-OH is 1. The first-order valence-electron chi connectivity index (χ1n) is 7.82. The summed E-state index contributed by atoms with van der Waals surface area (Å²) in [4.78, 5) is 0. The monoisotopic (exact) mass is 292 g/mol. The highest BCUT2D eigenvalue weighted by Crippen LogP contribution is 2.46. The van der Waals surface area contributed by atoms with Crippen LogP contribution in [-0.2, 0) is 4.74 Å². The number of fused-ring (bicyclic) bond motifs is 1. The van der Waals surface area contributed by atoms with E-state index in [2.05, 4.69) is 6.92 Å². The molecule has 1 aromatic carbocycles. The average molecular weight is 292 g/mol. The molecule has 4 nitrogen and oxygen atoms in total. The van der Waals surface area contributed by atoms with Gasteiger partial charge in [-0.05, 0) is 24.6 Å². The third kappa shape index (κ3) is 2.87. The number of methoxy groups -OCH3 is 1. The molecule has 21 heavy (non-hydrogen) atoms. The molecule has 1 saturated heterocycles. The minimum atomic E-state index is -0.496. The third-order valence-corrected chi connectivity index (χ3v) is 4.59. The summed E-state index contributed by atoms with van der Waals surface area (Å²) in [5.74, 6) is 1.54. The zero-order valence-electron chi connectivity index (χ0n) is 12.8. The zero-order chi connectivity index (χ0) is 14.9. The van der Waals surface area contributed by atoms with Crippen LogP contribution in [0.15, 0.2) is 18.2 Å². The first-order valence-corrected chi connectivity index (χ1v) is 7.82. The fourth-order valence-electron chi connectivity index (χ4n) is 3.52. The van der Waals surface area contributed by atoms with Crippen LogP contribution in [-0.4, -0.2) is 30.5 Å². The van der Waals surface area contributed by atoms with E-state index in [0.29, 0.717) is 13.0 Å². The van der Waals surface area contributed by atoms with Crippen molar-refractivity contribution >= 4 is 0 Å². The molecule has 0 bridgehead atoms. The molecule has 2 heterocycles. The Balaban J connectivity index is 1.83. The molecule has 1 spiro atoms. The fraction of sp³-hybridized carbons (Fsp3) is 0.647. The SMILES string of the molecule is CCCC1CC2(CCO1)CC(O)c1cc(OC)ccc1O2. The molecule has 0 amide bonds. The highest BCUT2D eigenvalue weighted by Gasteiger charge is 2.44. The second kappa shape index (κ2) is 5.85. The lowest BCUT2D eigenvalue weighted by Gasteiger charge is -2.45. The van der Waals surface area contributed by atoms with E-state index in [4.69, 9.17) is 14.2 Å². The summed E-state index contributed by atoms with van der Waals surface area (Å²) < 4.78 is 17.4. The lowest BCUT2D eigenvalue weighted by molar-refractivity contribution is -0.118. The quantitative estimate of drug-likeness (QED) is 0.929. The molecule has 0 saturated carbocycles. The van der Waals surface area contributed by atoms with Crippen LogP contribution in [0.25, 0.3) is 0 Å². The van der Waals surface area contributed by atoms with Crippen molar-refractivity contribution in [3.63, 3.8) is 0 Å². The molecule has 3 rings (SSSR count). The van der Waals surface area contributed by atoms with Crippen molar-refractivity contribution in [2.45, 2.75) is 56.8 Å². The summed E-state index contributed by atoms with van der Waals surface area (Å²) in [6, 6.07) is 5.66. The van der Waals surface area contributed by atoms with Crippen molar-refractivity contribution in [1.82, 2.24) is 0 Å². The standard InChI is InChI=1S/C17H24O4/c1-3-4-13-10-17(7-8-20-13)11-15(18)14-9-12(19-2)5-6-16(14)21-17/h5-6,9,13,15,18H,3-4,7-8,10-11H2,1-2H3. The van der Waals surface area contributed by atoms with Crippen molar-refractivity contribution in [2.24, 2.45) is 0 Å². The van der Waals surface area contributed by atoms with Gasteiger partial charge in [0, 0.05) is 24.8 Å². The maximum atomic E-state index is 10.5. The molecular weight excluding hydrogens is 268 g/mol. The Labute approximate surface area is 126 Å². The van der Waals surface area contributed by atoms with Gasteiger partial charge in [0.05, 0.1) is 25.9 Å². The van der Waals surface area contributed by atoms with Gasteiger partial charge in [-0.2, -0.15) is 0 Å². The van der Waals surface area contributed by atoms with Crippen molar-refractivity contribution < 1.29 is 19.3 Å². The molecule has 0 radical (unpaired) electrons. The van der Waals surface area contributed by atoms with E-state index in [1.165, 1.54) is 0 Å². The molecule has 1 fully saturated rings. The van der Waals surface area contributed by atoms with Crippen LogP contribution in [0.4, 0.5) is 0 Å². The van der Waals surface area contributed by atoms with Crippen LogP contribution in [0, 0.1) is 0 Å². The second-order valence-electron chi connectivity index (χ2n) is 6.14. The van der Waals surface area contributed by atoms with Gasteiger partial charge in [0.1, 0.15) is 17.1 Å². The van der Waals surface area contributed by atoms with E-state index in [0.717, 1.165) is 42.7 Å². The Hall–Kier alpha value is -1.26. The molecule has 2 aliphatic heterocycles. The van der Waals surface area contributed by atoms with Gasteiger partial charge >= 0.3 is 0 Å². The number of hydrogen-bond acceptors (Lipinski definition) is 4. The van der Waals surface area contributed by atoms with Gasteiger partial charge < -0.3 is 19.3 Å². The van der Waals surface area contributed by atoms with Crippen molar-refractivity contribution in [3.8, 4) is 11.5 Å². The van der Waals surface area contributed by atoms with Gasteiger partial charge in [-0.25, -0.2) is 0 Å². The summed E-state index contributed by atoms with van der Waals surface area (Å²) >= 11 is 0. The zero-order valence-corrected chi connectivity index (χ0v) is 12.8. The lowest BCUT2D eigenvalue weighted by Crippen LogP contribution is -2.48. The normalized spacial score (nSPS) is 31.6. The van der Waals surface area contributed by atoms with Crippen LogP contribution < -0.4 is 9.47 Å². The first kappa shape index (κ1) is 14.7. The minimum Gasteiger partial charge on any atom is -0.497 e. The van der Waals surface area contributed by atoms with Crippen molar-refractivity contribution in [1.29, 1.82) is 0 Å². The number of rotatable bonds is 3. The molecule has 0 aromatic heterocycles. The van der Waals surface area contributed by atoms with Gasteiger partial charge in [-0.15, -0.1) is 0 Å². The molecule has 4 heteroatoms. The highest BCUT2D eigenvalue weighted by atomic mass is 16.5. The summed E-state index contributed by atoms with van der Waals surface area (Å²) in [5.41, 5.74) is 0.553. The first-order chi connectivity index (χ1) is 10.2. The maximum Gasteiger partial charge on any atom is 0.126 e. The van der Waals surface area contributed by atoms with Crippen molar-refractivity contribution in [2.75, 3.05) is 13.7 Å².